The summed E-state index contributed by atoms with van der Waals surface area (Å²) in [7, 11) is 1.56. The molecule has 1 aliphatic rings. The SMILES string of the molecule is CCCN1CCN(c2ccc(Nc3ncc4cc(-c5c(Cl)cccc5Cl)c(=O)n(OCCOC)c4n3)cc2)CC1. The monoisotopic (exact) mass is 582 g/mol. The van der Waals surface area contributed by atoms with E-state index in [0.717, 1.165) is 43.1 Å². The van der Waals surface area contributed by atoms with E-state index in [9.17, 15) is 4.79 Å². The molecule has 0 aliphatic carbocycles. The number of piperazine rings is 1. The van der Waals surface area contributed by atoms with Gasteiger partial charge in [-0.2, -0.15) is 4.98 Å². The Morgan fingerprint density at radius 2 is 1.73 bits per heavy atom. The fraction of sp³-hybridized carbons (Fsp3) is 0.345. The van der Waals surface area contributed by atoms with Crippen molar-refractivity contribution < 1.29 is 9.57 Å². The molecule has 1 aliphatic heterocycles. The first kappa shape index (κ1) is 28.2. The van der Waals surface area contributed by atoms with Crippen LogP contribution in [0.2, 0.25) is 10.0 Å². The third-order valence-corrected chi connectivity index (χ3v) is 7.47. The van der Waals surface area contributed by atoms with Crippen LogP contribution in [0.15, 0.2) is 59.5 Å². The molecule has 0 radical (unpaired) electrons. The smallest absolute Gasteiger partial charge is 0.293 e. The van der Waals surface area contributed by atoms with Gasteiger partial charge in [0.25, 0.3) is 5.56 Å². The number of nitrogens with zero attached hydrogens (tertiary/aromatic N) is 5. The summed E-state index contributed by atoms with van der Waals surface area (Å²) < 4.78 is 6.26. The number of halogens is 2. The molecule has 1 fully saturated rings. The van der Waals surface area contributed by atoms with Gasteiger partial charge in [-0.1, -0.05) is 36.2 Å². The normalized spacial score (nSPS) is 14.1. The number of nitrogens with one attached hydrogen (secondary N) is 1. The first-order valence-electron chi connectivity index (χ1n) is 13.3. The second kappa shape index (κ2) is 12.9. The van der Waals surface area contributed by atoms with Gasteiger partial charge < -0.3 is 19.8 Å². The molecule has 0 amide bonds. The highest BCUT2D eigenvalue weighted by molar-refractivity contribution is 6.39. The zero-order valence-electron chi connectivity index (χ0n) is 22.6. The molecule has 3 heterocycles. The molecule has 5 rings (SSSR count). The van der Waals surface area contributed by atoms with E-state index in [-0.39, 0.29) is 12.2 Å². The second-order valence-electron chi connectivity index (χ2n) is 9.55. The van der Waals surface area contributed by atoms with Gasteiger partial charge in [-0.15, -0.1) is 4.73 Å². The summed E-state index contributed by atoms with van der Waals surface area (Å²) >= 11 is 12.8. The molecule has 40 heavy (non-hydrogen) atoms. The zero-order valence-corrected chi connectivity index (χ0v) is 24.1. The lowest BCUT2D eigenvalue weighted by Gasteiger charge is -2.36. The standard InChI is InChI=1S/C29H32Cl2N6O3/c1-3-11-35-12-14-36(15-13-35)22-9-7-21(8-10-22)33-29-32-19-20-18-23(26-24(30)5-4-6-25(26)31)28(38)37(27(20)34-29)40-17-16-39-2/h4-10,18-19H,3,11-17H2,1-2H3,(H,32,33,34). The first-order chi connectivity index (χ1) is 19.5. The van der Waals surface area contributed by atoms with Gasteiger partial charge in [-0.05, 0) is 55.4 Å². The lowest BCUT2D eigenvalue weighted by Crippen LogP contribution is -2.46. The van der Waals surface area contributed by atoms with Crippen LogP contribution in [-0.2, 0) is 4.74 Å². The Hall–Kier alpha value is -3.37. The van der Waals surface area contributed by atoms with E-state index in [0.29, 0.717) is 39.2 Å². The van der Waals surface area contributed by atoms with Crippen molar-refractivity contribution in [2.75, 3.05) is 63.3 Å². The van der Waals surface area contributed by atoms with Crippen LogP contribution in [0.5, 0.6) is 0 Å². The molecule has 0 bridgehead atoms. The molecule has 210 valence electrons. The van der Waals surface area contributed by atoms with Crippen molar-refractivity contribution in [2.24, 2.45) is 0 Å². The molecule has 0 saturated carbocycles. The molecule has 2 aromatic heterocycles. The van der Waals surface area contributed by atoms with Crippen LogP contribution < -0.4 is 20.6 Å². The Bertz CT molecular complexity index is 1500. The fourth-order valence-electron chi connectivity index (χ4n) is 4.83. The fourth-order valence-corrected chi connectivity index (χ4v) is 5.43. The van der Waals surface area contributed by atoms with Crippen LogP contribution in [0.1, 0.15) is 13.3 Å². The molecule has 11 heteroatoms. The highest BCUT2D eigenvalue weighted by atomic mass is 35.5. The summed E-state index contributed by atoms with van der Waals surface area (Å²) in [4.78, 5) is 33.4. The Morgan fingerprint density at radius 1 is 1.00 bits per heavy atom. The number of fused-ring (bicyclic) bond motifs is 1. The van der Waals surface area contributed by atoms with Crippen LogP contribution in [0, 0.1) is 0 Å². The van der Waals surface area contributed by atoms with Crippen molar-refractivity contribution >= 4 is 51.6 Å². The largest absolute Gasteiger partial charge is 0.406 e. The lowest BCUT2D eigenvalue weighted by molar-refractivity contribution is 0.0584. The minimum absolute atomic E-state index is 0.145. The van der Waals surface area contributed by atoms with E-state index in [1.54, 1.807) is 37.6 Å². The van der Waals surface area contributed by atoms with Crippen LogP contribution in [0.4, 0.5) is 17.3 Å². The van der Waals surface area contributed by atoms with Gasteiger partial charge in [-0.3, -0.25) is 9.69 Å². The van der Waals surface area contributed by atoms with Gasteiger partial charge in [-0.25, -0.2) is 4.98 Å². The summed E-state index contributed by atoms with van der Waals surface area (Å²) in [5, 5.41) is 4.55. The summed E-state index contributed by atoms with van der Waals surface area (Å²) in [5.41, 5.74) is 2.61. The van der Waals surface area contributed by atoms with Crippen molar-refractivity contribution in [3.8, 4) is 11.1 Å². The Kier molecular flexibility index (Phi) is 9.06. The third-order valence-electron chi connectivity index (χ3n) is 6.84. The van der Waals surface area contributed by atoms with Gasteiger partial charge in [0.2, 0.25) is 5.95 Å². The van der Waals surface area contributed by atoms with Crippen molar-refractivity contribution in [3.05, 3.63) is 75.1 Å². The maximum Gasteiger partial charge on any atom is 0.293 e. The van der Waals surface area contributed by atoms with Gasteiger partial charge in [0.1, 0.15) is 6.61 Å². The zero-order chi connectivity index (χ0) is 28.1. The number of hydrogen-bond acceptors (Lipinski definition) is 8. The Morgan fingerprint density at radius 3 is 2.40 bits per heavy atom. The number of rotatable bonds is 10. The number of anilines is 3. The number of hydrogen-bond donors (Lipinski definition) is 1. The molecular formula is C29H32Cl2N6O3. The maximum absolute atomic E-state index is 13.6. The van der Waals surface area contributed by atoms with E-state index < -0.39 is 5.56 Å². The minimum atomic E-state index is -0.438. The number of aromatic nitrogens is 3. The van der Waals surface area contributed by atoms with E-state index in [1.807, 2.05) is 12.1 Å². The number of benzene rings is 2. The third kappa shape index (κ3) is 6.18. The number of methoxy groups -OCH3 is 1. The summed E-state index contributed by atoms with van der Waals surface area (Å²) in [6.07, 6.45) is 2.82. The topological polar surface area (TPSA) is 84.8 Å². The number of pyridine rings is 1. The average molecular weight is 584 g/mol. The van der Waals surface area contributed by atoms with Crippen molar-refractivity contribution in [2.45, 2.75) is 13.3 Å². The lowest BCUT2D eigenvalue weighted by atomic mass is 10.1. The maximum atomic E-state index is 13.6. The highest BCUT2D eigenvalue weighted by Gasteiger charge is 2.19. The van der Waals surface area contributed by atoms with Gasteiger partial charge in [0, 0.05) is 61.8 Å². The van der Waals surface area contributed by atoms with E-state index >= 15 is 0 Å². The molecule has 0 spiro atoms. The van der Waals surface area contributed by atoms with Crippen LogP contribution in [0.3, 0.4) is 0 Å². The predicted octanol–water partition coefficient (Wildman–Crippen LogP) is 5.12. The predicted molar refractivity (Wildman–Crippen MR) is 161 cm³/mol. The van der Waals surface area contributed by atoms with E-state index in [1.165, 1.54) is 12.1 Å². The second-order valence-corrected chi connectivity index (χ2v) is 10.4. The van der Waals surface area contributed by atoms with E-state index in [4.69, 9.17) is 32.8 Å². The van der Waals surface area contributed by atoms with E-state index in [2.05, 4.69) is 44.1 Å². The summed E-state index contributed by atoms with van der Waals surface area (Å²) in [5.74, 6) is 0.334. The average Bonchev–Trinajstić information content (AvgIpc) is 2.96. The quantitative estimate of drug-likeness (QED) is 0.258. The van der Waals surface area contributed by atoms with Crippen molar-refractivity contribution in [1.82, 2.24) is 19.6 Å². The Labute approximate surface area is 243 Å². The highest BCUT2D eigenvalue weighted by Crippen LogP contribution is 2.34. The molecule has 0 atom stereocenters. The minimum Gasteiger partial charge on any atom is -0.406 e. The summed E-state index contributed by atoms with van der Waals surface area (Å²) in [6.45, 7) is 8.01. The molecular weight excluding hydrogens is 551 g/mol. The number of ether oxygens (including phenoxy) is 1. The summed E-state index contributed by atoms with van der Waals surface area (Å²) in [6, 6.07) is 15.0. The van der Waals surface area contributed by atoms with Crippen molar-refractivity contribution in [1.29, 1.82) is 0 Å². The first-order valence-corrected chi connectivity index (χ1v) is 14.1. The molecule has 4 aromatic rings. The van der Waals surface area contributed by atoms with Crippen molar-refractivity contribution in [3.63, 3.8) is 0 Å². The Balaban J connectivity index is 1.42. The van der Waals surface area contributed by atoms with Crippen LogP contribution in [0.25, 0.3) is 22.2 Å². The van der Waals surface area contributed by atoms with Gasteiger partial charge in [0.15, 0.2) is 5.65 Å². The molecule has 1 saturated heterocycles. The molecule has 9 nitrogen and oxygen atoms in total. The molecule has 0 unspecified atom stereocenters. The van der Waals surface area contributed by atoms with Crippen LogP contribution in [-0.4, -0.2) is 72.6 Å². The molecule has 1 N–H and O–H groups in total. The van der Waals surface area contributed by atoms with Crippen LogP contribution >= 0.6 is 23.2 Å². The molecule has 2 aromatic carbocycles. The van der Waals surface area contributed by atoms with Gasteiger partial charge in [0.05, 0.1) is 22.2 Å². The van der Waals surface area contributed by atoms with Gasteiger partial charge >= 0.3 is 0 Å².